The van der Waals surface area contributed by atoms with Crippen molar-refractivity contribution < 1.29 is 4.79 Å². The Balaban J connectivity index is 1.77. The molecule has 0 aliphatic carbocycles. The zero-order valence-electron chi connectivity index (χ0n) is 16.6. The number of carbonyl (C=O) groups excluding carboxylic acids is 1. The molecule has 4 aromatic rings. The van der Waals surface area contributed by atoms with E-state index in [1.165, 1.54) is 4.68 Å². The van der Waals surface area contributed by atoms with Crippen LogP contribution >= 0.6 is 0 Å². The number of amides is 1. The lowest BCUT2D eigenvalue weighted by Gasteiger charge is -2.12. The number of nitrogens with zero attached hydrogens (tertiary/aromatic N) is 2. The third-order valence-corrected chi connectivity index (χ3v) is 4.94. The fraction of sp³-hybridized carbons (Fsp3) is 0.130. The van der Waals surface area contributed by atoms with Gasteiger partial charge in [-0.2, -0.15) is 9.78 Å². The number of hydrogen-bond acceptors (Lipinski definition) is 4. The second-order valence-electron chi connectivity index (χ2n) is 7.07. The first kappa shape index (κ1) is 19.3. The minimum atomic E-state index is -0.463. The summed E-state index contributed by atoms with van der Waals surface area (Å²) in [7, 11) is 0. The standard InChI is InChI=1S/C23H20N4O3/c1-14-12-15(2)25-21(28)19(14)13-24-22(29)20-17-10-6-7-11-18(17)23(30)27(26-20)16-8-4-3-5-9-16/h3-12H,13H2,1-2H3,(H,24,29)(H,25,28). The summed E-state index contributed by atoms with van der Waals surface area (Å²) < 4.78 is 1.22. The number of rotatable bonds is 4. The number of nitrogens with one attached hydrogen (secondary N) is 2. The molecule has 2 aromatic heterocycles. The summed E-state index contributed by atoms with van der Waals surface area (Å²) in [5, 5.41) is 7.97. The molecule has 2 aromatic carbocycles. The summed E-state index contributed by atoms with van der Waals surface area (Å²) in [6.07, 6.45) is 0. The van der Waals surface area contributed by atoms with E-state index in [-0.39, 0.29) is 23.4 Å². The Bertz CT molecular complexity index is 1370. The molecule has 0 aliphatic heterocycles. The third kappa shape index (κ3) is 3.53. The van der Waals surface area contributed by atoms with Crippen LogP contribution in [0.2, 0.25) is 0 Å². The molecular formula is C23H20N4O3. The van der Waals surface area contributed by atoms with E-state index in [4.69, 9.17) is 0 Å². The molecule has 4 rings (SSSR count). The Labute approximate surface area is 172 Å². The van der Waals surface area contributed by atoms with Crippen LogP contribution in [0.1, 0.15) is 27.3 Å². The van der Waals surface area contributed by atoms with Crippen molar-refractivity contribution in [1.82, 2.24) is 20.1 Å². The van der Waals surface area contributed by atoms with E-state index in [1.54, 1.807) is 55.5 Å². The summed E-state index contributed by atoms with van der Waals surface area (Å²) in [5.41, 5.74) is 2.18. The number of aryl methyl sites for hydroxylation is 2. The second-order valence-corrected chi connectivity index (χ2v) is 7.07. The van der Waals surface area contributed by atoms with Crippen LogP contribution in [0, 0.1) is 13.8 Å². The number of fused-ring (bicyclic) bond motifs is 1. The van der Waals surface area contributed by atoms with Crippen LogP contribution in [0.5, 0.6) is 0 Å². The van der Waals surface area contributed by atoms with E-state index in [2.05, 4.69) is 15.4 Å². The predicted octanol–water partition coefficient (Wildman–Crippen LogP) is 2.62. The molecule has 0 saturated heterocycles. The van der Waals surface area contributed by atoms with Crippen LogP contribution in [0.4, 0.5) is 0 Å². The van der Waals surface area contributed by atoms with Crippen molar-refractivity contribution in [2.24, 2.45) is 0 Å². The summed E-state index contributed by atoms with van der Waals surface area (Å²) >= 11 is 0. The van der Waals surface area contributed by atoms with Gasteiger partial charge < -0.3 is 10.3 Å². The van der Waals surface area contributed by atoms with Crippen molar-refractivity contribution in [3.63, 3.8) is 0 Å². The number of para-hydroxylation sites is 1. The average molecular weight is 400 g/mol. The van der Waals surface area contributed by atoms with Gasteiger partial charge in [0.15, 0.2) is 5.69 Å². The van der Waals surface area contributed by atoms with Gasteiger partial charge in [-0.1, -0.05) is 36.4 Å². The summed E-state index contributed by atoms with van der Waals surface area (Å²) in [5.74, 6) is -0.463. The molecule has 0 spiro atoms. The lowest BCUT2D eigenvalue weighted by atomic mass is 10.1. The van der Waals surface area contributed by atoms with Gasteiger partial charge in [0.2, 0.25) is 0 Å². The molecule has 0 aliphatic rings. The number of H-pyrrole nitrogens is 1. The summed E-state index contributed by atoms with van der Waals surface area (Å²) in [4.78, 5) is 40.9. The molecule has 2 N–H and O–H groups in total. The number of benzene rings is 2. The van der Waals surface area contributed by atoms with E-state index in [0.717, 1.165) is 11.3 Å². The van der Waals surface area contributed by atoms with Gasteiger partial charge in [0.05, 0.1) is 11.1 Å². The minimum Gasteiger partial charge on any atom is -0.346 e. The highest BCUT2D eigenvalue weighted by atomic mass is 16.2. The van der Waals surface area contributed by atoms with E-state index >= 15 is 0 Å². The normalized spacial score (nSPS) is 10.9. The van der Waals surface area contributed by atoms with Gasteiger partial charge in [-0.15, -0.1) is 0 Å². The molecule has 30 heavy (non-hydrogen) atoms. The molecule has 0 fully saturated rings. The molecule has 7 nitrogen and oxygen atoms in total. The Kier molecular flexibility index (Phi) is 5.02. The van der Waals surface area contributed by atoms with Crippen LogP contribution in [0.15, 0.2) is 70.3 Å². The monoisotopic (exact) mass is 400 g/mol. The molecule has 0 atom stereocenters. The van der Waals surface area contributed by atoms with Crippen molar-refractivity contribution in [2.45, 2.75) is 20.4 Å². The Morgan fingerprint density at radius 3 is 2.37 bits per heavy atom. The second kappa shape index (κ2) is 7.79. The number of pyridine rings is 1. The Morgan fingerprint density at radius 1 is 1.00 bits per heavy atom. The van der Waals surface area contributed by atoms with E-state index in [1.807, 2.05) is 19.1 Å². The molecule has 0 unspecified atom stereocenters. The average Bonchev–Trinajstić information content (AvgIpc) is 2.74. The zero-order valence-corrected chi connectivity index (χ0v) is 16.6. The van der Waals surface area contributed by atoms with Crippen LogP contribution in [-0.4, -0.2) is 20.7 Å². The van der Waals surface area contributed by atoms with Gasteiger partial charge in [0.25, 0.3) is 17.0 Å². The smallest absolute Gasteiger partial charge is 0.279 e. The third-order valence-electron chi connectivity index (χ3n) is 4.94. The fourth-order valence-corrected chi connectivity index (χ4v) is 3.46. The van der Waals surface area contributed by atoms with Crippen molar-refractivity contribution in [3.8, 4) is 5.69 Å². The molecule has 0 radical (unpaired) electrons. The van der Waals surface area contributed by atoms with Crippen molar-refractivity contribution in [3.05, 3.63) is 104 Å². The van der Waals surface area contributed by atoms with Crippen molar-refractivity contribution in [1.29, 1.82) is 0 Å². The first-order valence-electron chi connectivity index (χ1n) is 9.51. The molecule has 1 amide bonds. The lowest BCUT2D eigenvalue weighted by molar-refractivity contribution is 0.0946. The summed E-state index contributed by atoms with van der Waals surface area (Å²) in [6.45, 7) is 3.69. The van der Waals surface area contributed by atoms with E-state index < -0.39 is 5.91 Å². The van der Waals surface area contributed by atoms with Crippen LogP contribution in [-0.2, 0) is 6.54 Å². The van der Waals surface area contributed by atoms with Gasteiger partial charge in [-0.25, -0.2) is 0 Å². The van der Waals surface area contributed by atoms with Crippen molar-refractivity contribution in [2.75, 3.05) is 0 Å². The van der Waals surface area contributed by atoms with Gasteiger partial charge in [-0.05, 0) is 43.7 Å². The predicted molar refractivity (Wildman–Crippen MR) is 115 cm³/mol. The van der Waals surface area contributed by atoms with Gasteiger partial charge in [0, 0.05) is 23.2 Å². The Morgan fingerprint density at radius 2 is 1.67 bits per heavy atom. The molecule has 2 heterocycles. The zero-order chi connectivity index (χ0) is 21.3. The molecule has 7 heteroatoms. The summed E-state index contributed by atoms with van der Waals surface area (Å²) in [6, 6.07) is 17.6. The highest BCUT2D eigenvalue weighted by molar-refractivity contribution is 6.04. The quantitative estimate of drug-likeness (QED) is 0.550. The maximum Gasteiger partial charge on any atom is 0.279 e. The minimum absolute atomic E-state index is 0.0563. The van der Waals surface area contributed by atoms with Gasteiger partial charge in [-0.3, -0.25) is 14.4 Å². The van der Waals surface area contributed by atoms with E-state index in [9.17, 15) is 14.4 Å². The topological polar surface area (TPSA) is 96.8 Å². The maximum absolute atomic E-state index is 13.0. The number of aromatic nitrogens is 3. The largest absolute Gasteiger partial charge is 0.346 e. The van der Waals surface area contributed by atoms with Crippen LogP contribution in [0.3, 0.4) is 0 Å². The highest BCUT2D eigenvalue weighted by Crippen LogP contribution is 2.15. The number of aromatic amines is 1. The number of hydrogen-bond donors (Lipinski definition) is 2. The molecule has 0 saturated carbocycles. The van der Waals surface area contributed by atoms with E-state index in [0.29, 0.717) is 22.0 Å². The number of carbonyl (C=O) groups is 1. The lowest BCUT2D eigenvalue weighted by Crippen LogP contribution is -2.31. The SMILES string of the molecule is Cc1cc(C)c(CNC(=O)c2nn(-c3ccccc3)c(=O)c3ccccc23)c(=O)[nH]1. The molecular weight excluding hydrogens is 380 g/mol. The van der Waals surface area contributed by atoms with Crippen LogP contribution in [0.25, 0.3) is 16.5 Å². The van der Waals surface area contributed by atoms with Gasteiger partial charge >= 0.3 is 0 Å². The first-order valence-corrected chi connectivity index (χ1v) is 9.51. The Hall–Kier alpha value is -4.00. The van der Waals surface area contributed by atoms with Crippen LogP contribution < -0.4 is 16.4 Å². The van der Waals surface area contributed by atoms with Gasteiger partial charge in [0.1, 0.15) is 0 Å². The first-order chi connectivity index (χ1) is 14.5. The molecule has 150 valence electrons. The molecule has 0 bridgehead atoms. The fourth-order valence-electron chi connectivity index (χ4n) is 3.46. The maximum atomic E-state index is 13.0. The van der Waals surface area contributed by atoms with Crippen molar-refractivity contribution >= 4 is 16.7 Å². The highest BCUT2D eigenvalue weighted by Gasteiger charge is 2.18.